The monoisotopic (exact) mass is 297 g/mol. The van der Waals surface area contributed by atoms with Crippen LogP contribution in [0.1, 0.15) is 38.5 Å². The summed E-state index contributed by atoms with van der Waals surface area (Å²) in [6, 6.07) is -0.134. The predicted octanol–water partition coefficient (Wildman–Crippen LogP) is 0.258. The Morgan fingerprint density at radius 1 is 1.29 bits per heavy atom. The van der Waals surface area contributed by atoms with Crippen molar-refractivity contribution < 1.29 is 14.3 Å². The van der Waals surface area contributed by atoms with Crippen LogP contribution < -0.4 is 11.1 Å². The smallest absolute Gasteiger partial charge is 0.244 e. The molecule has 1 heterocycles. The van der Waals surface area contributed by atoms with E-state index in [9.17, 15) is 9.59 Å². The first kappa shape index (κ1) is 16.2. The minimum atomic E-state index is -0.476. The number of morpholine rings is 1. The van der Waals surface area contributed by atoms with Crippen molar-refractivity contribution in [3.05, 3.63) is 0 Å². The Bertz CT molecular complexity index is 367. The summed E-state index contributed by atoms with van der Waals surface area (Å²) in [5.74, 6) is 0.529. The van der Waals surface area contributed by atoms with Crippen molar-refractivity contribution in [2.24, 2.45) is 11.7 Å². The SMILES string of the molecule is CNC(=O)C1COCCN1C(=O)CCC1CCC(N)CC1. The molecule has 2 amide bonds. The lowest BCUT2D eigenvalue weighted by atomic mass is 9.83. The summed E-state index contributed by atoms with van der Waals surface area (Å²) in [7, 11) is 1.59. The Balaban J connectivity index is 1.82. The van der Waals surface area contributed by atoms with Crippen LogP contribution in [0, 0.1) is 5.92 Å². The summed E-state index contributed by atoms with van der Waals surface area (Å²) < 4.78 is 5.32. The van der Waals surface area contributed by atoms with Crippen LogP contribution in [0.5, 0.6) is 0 Å². The number of rotatable bonds is 4. The Labute approximate surface area is 126 Å². The quantitative estimate of drug-likeness (QED) is 0.779. The second kappa shape index (κ2) is 7.75. The molecule has 1 unspecified atom stereocenters. The average Bonchev–Trinajstić information content (AvgIpc) is 2.53. The zero-order valence-electron chi connectivity index (χ0n) is 12.8. The zero-order chi connectivity index (χ0) is 15.2. The minimum absolute atomic E-state index is 0.0711. The van der Waals surface area contributed by atoms with E-state index in [1.165, 1.54) is 0 Å². The van der Waals surface area contributed by atoms with E-state index in [0.717, 1.165) is 32.1 Å². The summed E-state index contributed by atoms with van der Waals surface area (Å²) in [6.07, 6.45) is 5.80. The molecule has 2 rings (SSSR count). The lowest BCUT2D eigenvalue weighted by molar-refractivity contribution is -0.148. The van der Waals surface area contributed by atoms with E-state index in [1.54, 1.807) is 11.9 Å². The van der Waals surface area contributed by atoms with Gasteiger partial charge in [0.2, 0.25) is 11.8 Å². The van der Waals surface area contributed by atoms with Gasteiger partial charge in [0.15, 0.2) is 0 Å². The standard InChI is InChI=1S/C15H27N3O3/c1-17-15(20)13-10-21-9-8-18(13)14(19)7-4-11-2-5-12(16)6-3-11/h11-13H,2-10,16H2,1H3,(H,17,20). The van der Waals surface area contributed by atoms with Crippen LogP contribution in [0.15, 0.2) is 0 Å². The fourth-order valence-corrected chi connectivity index (χ4v) is 3.23. The molecule has 2 fully saturated rings. The van der Waals surface area contributed by atoms with Gasteiger partial charge in [-0.3, -0.25) is 9.59 Å². The molecule has 1 saturated heterocycles. The molecule has 0 bridgehead atoms. The van der Waals surface area contributed by atoms with Gasteiger partial charge < -0.3 is 20.7 Å². The van der Waals surface area contributed by atoms with Crippen molar-refractivity contribution in [2.75, 3.05) is 26.8 Å². The molecule has 0 radical (unpaired) electrons. The van der Waals surface area contributed by atoms with Gasteiger partial charge in [-0.05, 0) is 38.0 Å². The number of amides is 2. The van der Waals surface area contributed by atoms with E-state index in [1.807, 2.05) is 0 Å². The van der Waals surface area contributed by atoms with Gasteiger partial charge in [-0.15, -0.1) is 0 Å². The molecule has 6 nitrogen and oxygen atoms in total. The Hall–Kier alpha value is -1.14. The Morgan fingerprint density at radius 2 is 2.00 bits per heavy atom. The van der Waals surface area contributed by atoms with E-state index < -0.39 is 6.04 Å². The maximum absolute atomic E-state index is 12.4. The number of nitrogens with one attached hydrogen (secondary N) is 1. The highest BCUT2D eigenvalue weighted by Gasteiger charge is 2.32. The Kier molecular flexibility index (Phi) is 5.99. The fraction of sp³-hybridized carbons (Fsp3) is 0.867. The second-order valence-electron chi connectivity index (χ2n) is 6.11. The molecule has 0 aromatic carbocycles. The summed E-state index contributed by atoms with van der Waals surface area (Å²) >= 11 is 0. The molecule has 1 saturated carbocycles. The molecule has 21 heavy (non-hydrogen) atoms. The van der Waals surface area contributed by atoms with Crippen LogP contribution in [0.2, 0.25) is 0 Å². The molecule has 0 spiro atoms. The third-order valence-electron chi connectivity index (χ3n) is 4.66. The van der Waals surface area contributed by atoms with Crippen LogP contribution in [-0.2, 0) is 14.3 Å². The lowest BCUT2D eigenvalue weighted by Crippen LogP contribution is -2.55. The first-order valence-electron chi connectivity index (χ1n) is 7.96. The van der Waals surface area contributed by atoms with Gasteiger partial charge >= 0.3 is 0 Å². The minimum Gasteiger partial charge on any atom is -0.377 e. The van der Waals surface area contributed by atoms with Crippen molar-refractivity contribution in [1.82, 2.24) is 10.2 Å². The highest BCUT2D eigenvalue weighted by molar-refractivity contribution is 5.87. The van der Waals surface area contributed by atoms with Crippen molar-refractivity contribution in [1.29, 1.82) is 0 Å². The molecule has 0 aromatic rings. The molecule has 1 atom stereocenters. The van der Waals surface area contributed by atoms with E-state index in [-0.39, 0.29) is 11.8 Å². The molecular formula is C15H27N3O3. The van der Waals surface area contributed by atoms with Crippen LogP contribution in [0.25, 0.3) is 0 Å². The molecule has 1 aliphatic heterocycles. The zero-order valence-corrected chi connectivity index (χ0v) is 12.8. The van der Waals surface area contributed by atoms with Crippen LogP contribution in [0.3, 0.4) is 0 Å². The first-order chi connectivity index (χ1) is 10.1. The van der Waals surface area contributed by atoms with Crippen molar-refractivity contribution in [3.8, 4) is 0 Å². The summed E-state index contributed by atoms with van der Waals surface area (Å²) in [5, 5.41) is 2.60. The van der Waals surface area contributed by atoms with Gasteiger partial charge in [-0.2, -0.15) is 0 Å². The molecule has 2 aliphatic rings. The molecular weight excluding hydrogens is 270 g/mol. The van der Waals surface area contributed by atoms with Crippen molar-refractivity contribution >= 4 is 11.8 Å². The average molecular weight is 297 g/mol. The highest BCUT2D eigenvalue weighted by atomic mass is 16.5. The Morgan fingerprint density at radius 3 is 2.67 bits per heavy atom. The highest BCUT2D eigenvalue weighted by Crippen LogP contribution is 2.27. The van der Waals surface area contributed by atoms with E-state index in [0.29, 0.717) is 38.1 Å². The van der Waals surface area contributed by atoms with Crippen molar-refractivity contribution in [3.63, 3.8) is 0 Å². The molecule has 120 valence electrons. The summed E-state index contributed by atoms with van der Waals surface area (Å²) in [5.41, 5.74) is 5.90. The predicted molar refractivity (Wildman–Crippen MR) is 79.6 cm³/mol. The summed E-state index contributed by atoms with van der Waals surface area (Å²) in [6.45, 7) is 1.31. The van der Waals surface area contributed by atoms with Crippen LogP contribution in [-0.4, -0.2) is 55.6 Å². The number of nitrogens with two attached hydrogens (primary N) is 1. The van der Waals surface area contributed by atoms with Gasteiger partial charge in [0, 0.05) is 26.1 Å². The van der Waals surface area contributed by atoms with Gasteiger partial charge in [-0.25, -0.2) is 0 Å². The first-order valence-corrected chi connectivity index (χ1v) is 7.96. The van der Waals surface area contributed by atoms with Gasteiger partial charge in [0.25, 0.3) is 0 Å². The molecule has 6 heteroatoms. The van der Waals surface area contributed by atoms with E-state index in [2.05, 4.69) is 5.32 Å². The second-order valence-corrected chi connectivity index (χ2v) is 6.11. The molecule has 3 N–H and O–H groups in total. The van der Waals surface area contributed by atoms with E-state index >= 15 is 0 Å². The van der Waals surface area contributed by atoms with E-state index in [4.69, 9.17) is 10.5 Å². The number of carbonyl (C=O) groups is 2. The molecule has 0 aromatic heterocycles. The van der Waals surface area contributed by atoms with Crippen molar-refractivity contribution in [2.45, 2.75) is 50.6 Å². The maximum atomic E-state index is 12.4. The number of likely N-dealkylation sites (N-methyl/N-ethyl adjacent to an activating group) is 1. The number of ether oxygens (including phenoxy) is 1. The topological polar surface area (TPSA) is 84.7 Å². The van der Waals surface area contributed by atoms with Gasteiger partial charge in [-0.1, -0.05) is 0 Å². The van der Waals surface area contributed by atoms with Crippen LogP contribution in [0.4, 0.5) is 0 Å². The third kappa shape index (κ3) is 4.41. The fourth-order valence-electron chi connectivity index (χ4n) is 3.23. The van der Waals surface area contributed by atoms with Gasteiger partial charge in [0.1, 0.15) is 6.04 Å². The number of carbonyl (C=O) groups excluding carboxylic acids is 2. The maximum Gasteiger partial charge on any atom is 0.244 e. The molecule has 1 aliphatic carbocycles. The van der Waals surface area contributed by atoms with Crippen LogP contribution >= 0.6 is 0 Å². The normalized spacial score (nSPS) is 30.0. The summed E-state index contributed by atoms with van der Waals surface area (Å²) in [4.78, 5) is 25.9. The largest absolute Gasteiger partial charge is 0.377 e. The number of hydrogen-bond donors (Lipinski definition) is 2. The lowest BCUT2D eigenvalue weighted by Gasteiger charge is -2.35. The third-order valence-corrected chi connectivity index (χ3v) is 4.66. The number of nitrogens with zero attached hydrogens (tertiary/aromatic N) is 1. The number of hydrogen-bond acceptors (Lipinski definition) is 4. The van der Waals surface area contributed by atoms with Gasteiger partial charge in [0.05, 0.1) is 13.2 Å².